The Morgan fingerprint density at radius 3 is 1.16 bits per heavy atom. The monoisotopic (exact) mass is 455 g/mol. The van der Waals surface area contributed by atoms with E-state index in [1.807, 2.05) is 0 Å². The quantitative estimate of drug-likeness (QED) is 0.160. The zero-order valence-corrected chi connectivity index (χ0v) is 22.7. The second kappa shape index (κ2) is 32.5. The molecular formula is C24H50NNaO5. The van der Waals surface area contributed by atoms with E-state index in [9.17, 15) is 9.90 Å². The molecule has 3 N–H and O–H groups in total. The van der Waals surface area contributed by atoms with Gasteiger partial charge in [-0.3, -0.25) is 4.90 Å². The summed E-state index contributed by atoms with van der Waals surface area (Å²) >= 11 is 0. The van der Waals surface area contributed by atoms with E-state index >= 15 is 0 Å². The number of aliphatic hydroxyl groups is 3. The van der Waals surface area contributed by atoms with E-state index < -0.39 is 5.97 Å². The van der Waals surface area contributed by atoms with Crippen LogP contribution in [0.3, 0.4) is 0 Å². The molecule has 0 atom stereocenters. The van der Waals surface area contributed by atoms with Crippen molar-refractivity contribution in [1.29, 1.82) is 0 Å². The first-order valence-electron chi connectivity index (χ1n) is 12.4. The van der Waals surface area contributed by atoms with Crippen molar-refractivity contribution in [3.8, 4) is 0 Å². The molecule has 0 saturated carbocycles. The molecule has 182 valence electrons. The van der Waals surface area contributed by atoms with Gasteiger partial charge in [-0.05, 0) is 12.8 Å². The molecule has 0 radical (unpaired) electrons. The minimum absolute atomic E-state index is 0. The fourth-order valence-electron chi connectivity index (χ4n) is 3.40. The summed E-state index contributed by atoms with van der Waals surface area (Å²) in [5, 5.41) is 35.7. The van der Waals surface area contributed by atoms with Crippen LogP contribution in [0.25, 0.3) is 0 Å². The summed E-state index contributed by atoms with van der Waals surface area (Å²) in [5.74, 6) is -0.903. The first kappa shape index (κ1) is 35.9. The minimum Gasteiger partial charge on any atom is -0.550 e. The second-order valence-electron chi connectivity index (χ2n) is 8.08. The average Bonchev–Trinajstić information content (AvgIpc) is 2.72. The number of rotatable bonds is 22. The molecule has 0 rings (SSSR count). The minimum atomic E-state index is -0.903. The van der Waals surface area contributed by atoms with Crippen LogP contribution in [0.15, 0.2) is 0 Å². The molecule has 0 aliphatic heterocycles. The van der Waals surface area contributed by atoms with Gasteiger partial charge < -0.3 is 25.2 Å². The predicted molar refractivity (Wildman–Crippen MR) is 122 cm³/mol. The third kappa shape index (κ3) is 35.1. The van der Waals surface area contributed by atoms with Crippen LogP contribution in [0, 0.1) is 0 Å². The van der Waals surface area contributed by atoms with Gasteiger partial charge in [-0.15, -0.1) is 0 Å². The maximum Gasteiger partial charge on any atom is 1.00 e. The van der Waals surface area contributed by atoms with Crippen LogP contribution in [0.2, 0.25) is 0 Å². The molecule has 0 unspecified atom stereocenters. The zero-order valence-electron chi connectivity index (χ0n) is 20.7. The number of hydrogen-bond donors (Lipinski definition) is 3. The number of unbranched alkanes of at least 4 members (excludes halogenated alkanes) is 14. The predicted octanol–water partition coefficient (Wildman–Crippen LogP) is 0.267. The van der Waals surface area contributed by atoms with Crippen LogP contribution in [-0.4, -0.2) is 65.6 Å². The summed E-state index contributed by atoms with van der Waals surface area (Å²) in [6.45, 7) is 4.02. The standard InChI is InChI=1S/C18H36O2.C6H15NO3.Na/c1-2-3-4-5-6-7-8-9-10-11-12-13-14-15-16-17-18(19)20;8-4-1-7(2-5-9)3-6-10;/h2-17H2,1H3,(H,19,20);8-10H,1-6H2;/q;;+1/p-1. The molecule has 0 heterocycles. The van der Waals surface area contributed by atoms with Crippen molar-refractivity contribution in [3.63, 3.8) is 0 Å². The van der Waals surface area contributed by atoms with Crippen LogP contribution in [0.4, 0.5) is 0 Å². The number of carbonyl (C=O) groups excluding carboxylic acids is 1. The Morgan fingerprint density at radius 1 is 0.613 bits per heavy atom. The Labute approximate surface area is 214 Å². The van der Waals surface area contributed by atoms with Crippen LogP contribution >= 0.6 is 0 Å². The van der Waals surface area contributed by atoms with Crippen molar-refractivity contribution in [2.24, 2.45) is 0 Å². The van der Waals surface area contributed by atoms with Crippen LogP contribution in [-0.2, 0) is 4.79 Å². The summed E-state index contributed by atoms with van der Waals surface area (Å²) < 4.78 is 0. The number of hydrogen-bond acceptors (Lipinski definition) is 6. The maximum absolute atomic E-state index is 10.2. The molecule has 0 fully saturated rings. The van der Waals surface area contributed by atoms with Crippen molar-refractivity contribution >= 4 is 5.97 Å². The van der Waals surface area contributed by atoms with E-state index in [4.69, 9.17) is 15.3 Å². The summed E-state index contributed by atoms with van der Waals surface area (Å²) in [5.41, 5.74) is 0. The summed E-state index contributed by atoms with van der Waals surface area (Å²) in [6, 6.07) is 0. The van der Waals surface area contributed by atoms with Crippen LogP contribution < -0.4 is 34.7 Å². The number of nitrogens with zero attached hydrogens (tertiary/aromatic N) is 1. The second-order valence-corrected chi connectivity index (χ2v) is 8.08. The van der Waals surface area contributed by atoms with E-state index in [0.717, 1.165) is 12.8 Å². The third-order valence-corrected chi connectivity index (χ3v) is 5.23. The molecule has 0 spiro atoms. The molecule has 6 nitrogen and oxygen atoms in total. The van der Waals surface area contributed by atoms with Crippen molar-refractivity contribution < 1.29 is 54.8 Å². The molecule has 0 aromatic carbocycles. The number of aliphatic carboxylic acids is 1. The van der Waals surface area contributed by atoms with Gasteiger partial charge in [0.25, 0.3) is 0 Å². The van der Waals surface area contributed by atoms with E-state index in [0.29, 0.717) is 19.6 Å². The van der Waals surface area contributed by atoms with Gasteiger partial charge in [-0.25, -0.2) is 0 Å². The summed E-state index contributed by atoms with van der Waals surface area (Å²) in [7, 11) is 0. The first-order valence-corrected chi connectivity index (χ1v) is 12.4. The molecule has 0 aliphatic carbocycles. The molecule has 0 aromatic heterocycles. The van der Waals surface area contributed by atoms with Gasteiger partial charge in [0.2, 0.25) is 0 Å². The Kier molecular flexibility index (Phi) is 37.6. The van der Waals surface area contributed by atoms with E-state index in [1.165, 1.54) is 83.5 Å². The average molecular weight is 456 g/mol. The van der Waals surface area contributed by atoms with Gasteiger partial charge in [0.05, 0.1) is 19.8 Å². The summed E-state index contributed by atoms with van der Waals surface area (Å²) in [6.07, 6.45) is 19.9. The van der Waals surface area contributed by atoms with Crippen molar-refractivity contribution in [3.05, 3.63) is 0 Å². The molecule has 0 saturated heterocycles. The van der Waals surface area contributed by atoms with Crippen LogP contribution in [0.5, 0.6) is 0 Å². The fourth-order valence-corrected chi connectivity index (χ4v) is 3.40. The molecule has 7 heteroatoms. The van der Waals surface area contributed by atoms with E-state index in [1.54, 1.807) is 4.90 Å². The van der Waals surface area contributed by atoms with Gasteiger partial charge in [0.15, 0.2) is 0 Å². The molecular weight excluding hydrogens is 405 g/mol. The Morgan fingerprint density at radius 2 is 0.903 bits per heavy atom. The number of carbonyl (C=O) groups is 1. The third-order valence-electron chi connectivity index (χ3n) is 5.23. The number of aliphatic hydroxyl groups excluding tert-OH is 3. The molecule has 0 bridgehead atoms. The van der Waals surface area contributed by atoms with E-state index in [-0.39, 0.29) is 55.8 Å². The molecule has 0 amide bonds. The van der Waals surface area contributed by atoms with Crippen molar-refractivity contribution in [2.75, 3.05) is 39.5 Å². The SMILES string of the molecule is CCCCCCCCCCCCCCCCCC(=O)[O-].OCCN(CCO)CCO.[Na+]. The smallest absolute Gasteiger partial charge is 0.550 e. The molecule has 31 heavy (non-hydrogen) atoms. The fraction of sp³-hybridized carbons (Fsp3) is 0.958. The Hall–Kier alpha value is 0.310. The molecule has 0 aliphatic rings. The van der Waals surface area contributed by atoms with Crippen molar-refractivity contribution in [1.82, 2.24) is 4.90 Å². The van der Waals surface area contributed by atoms with Gasteiger partial charge in [0, 0.05) is 25.6 Å². The Bertz CT molecular complexity index is 321. The largest absolute Gasteiger partial charge is 1.00 e. The van der Waals surface area contributed by atoms with Gasteiger partial charge >= 0.3 is 29.6 Å². The summed E-state index contributed by atoms with van der Waals surface area (Å²) in [4.78, 5) is 12.0. The van der Waals surface area contributed by atoms with Crippen LogP contribution in [0.1, 0.15) is 110 Å². The first-order chi connectivity index (χ1) is 14.6. The normalized spacial score (nSPS) is 10.5. The van der Waals surface area contributed by atoms with Crippen molar-refractivity contribution in [2.45, 2.75) is 110 Å². The van der Waals surface area contributed by atoms with Gasteiger partial charge in [-0.2, -0.15) is 0 Å². The Balaban J connectivity index is -0.000000604. The zero-order chi connectivity index (χ0) is 22.7. The number of carboxylic acid groups (broad SMARTS) is 1. The van der Waals surface area contributed by atoms with Gasteiger partial charge in [0.1, 0.15) is 0 Å². The van der Waals surface area contributed by atoms with Gasteiger partial charge in [-0.1, -0.05) is 96.8 Å². The topological polar surface area (TPSA) is 104 Å². The number of carboxylic acids is 1. The molecule has 0 aromatic rings. The van der Waals surface area contributed by atoms with E-state index in [2.05, 4.69) is 6.92 Å². The maximum atomic E-state index is 10.2.